The summed E-state index contributed by atoms with van der Waals surface area (Å²) in [4.78, 5) is 0. The predicted octanol–water partition coefficient (Wildman–Crippen LogP) is 11.2. The van der Waals surface area contributed by atoms with Gasteiger partial charge in [0.05, 0.1) is 12.7 Å². The monoisotopic (exact) mass is 680 g/mol. The van der Waals surface area contributed by atoms with Gasteiger partial charge in [0.2, 0.25) is 0 Å². The summed E-state index contributed by atoms with van der Waals surface area (Å²) in [6.45, 7) is 24.6. The molecule has 268 valence electrons. The van der Waals surface area contributed by atoms with Crippen LogP contribution in [0.15, 0.2) is 95.6 Å². The summed E-state index contributed by atoms with van der Waals surface area (Å²) >= 11 is 0. The van der Waals surface area contributed by atoms with E-state index in [2.05, 4.69) is 148 Å². The maximum atomic E-state index is 12.0. The molecular weight excluding hydrogens is 613 g/mol. The summed E-state index contributed by atoms with van der Waals surface area (Å²) in [7, 11) is -2.54. The van der Waals surface area contributed by atoms with E-state index in [4.69, 9.17) is 4.43 Å². The van der Waals surface area contributed by atoms with Gasteiger partial charge in [-0.15, -0.1) is 0 Å². The molecule has 6 atom stereocenters. The molecule has 0 aliphatic heterocycles. The molecule has 0 radical (unpaired) electrons. The number of fused-ring (bicyclic) bond motifs is 3. The third kappa shape index (κ3) is 7.42. The Bertz CT molecular complexity index is 1450. The molecule has 0 aromatic heterocycles. The summed E-state index contributed by atoms with van der Waals surface area (Å²) in [6, 6.07) is 21.8. The van der Waals surface area contributed by atoms with Gasteiger partial charge in [0, 0.05) is 5.92 Å². The molecule has 3 aliphatic carbocycles. The Labute approximate surface area is 301 Å². The van der Waals surface area contributed by atoms with Crippen molar-refractivity contribution in [2.75, 3.05) is 6.61 Å². The van der Waals surface area contributed by atoms with Gasteiger partial charge < -0.3 is 9.53 Å². The Balaban J connectivity index is 1.23. The fourth-order valence-corrected chi connectivity index (χ4v) is 16.0. The summed E-state index contributed by atoms with van der Waals surface area (Å²) < 4.78 is 7.11. The molecule has 1 N–H and O–H groups in total. The molecule has 3 aliphatic rings. The van der Waals surface area contributed by atoms with Crippen molar-refractivity contribution in [3.63, 3.8) is 0 Å². The van der Waals surface area contributed by atoms with Crippen LogP contribution in [0.1, 0.15) is 127 Å². The zero-order valence-electron chi connectivity index (χ0n) is 32.7. The van der Waals surface area contributed by atoms with Crippen molar-refractivity contribution in [2.24, 2.45) is 34.0 Å². The van der Waals surface area contributed by atoms with Gasteiger partial charge in [-0.25, -0.2) is 0 Å². The lowest BCUT2D eigenvalue weighted by Gasteiger charge is -2.65. The van der Waals surface area contributed by atoms with Gasteiger partial charge in [-0.3, -0.25) is 0 Å². The van der Waals surface area contributed by atoms with Crippen molar-refractivity contribution in [1.82, 2.24) is 0 Å². The highest BCUT2D eigenvalue weighted by atomic mass is 28.4. The highest BCUT2D eigenvalue weighted by molar-refractivity contribution is 6.99. The number of rotatable bonds is 11. The number of aliphatic hydroxyl groups is 1. The average Bonchev–Trinajstić information content (AvgIpc) is 3.02. The summed E-state index contributed by atoms with van der Waals surface area (Å²) in [5.74, 6) is 1.70. The van der Waals surface area contributed by atoms with Crippen molar-refractivity contribution in [2.45, 2.75) is 138 Å². The van der Waals surface area contributed by atoms with Gasteiger partial charge in [-0.1, -0.05) is 150 Å². The first-order chi connectivity index (χ1) is 23.1. The second-order valence-electron chi connectivity index (χ2n) is 18.5. The minimum absolute atomic E-state index is 0.0227. The van der Waals surface area contributed by atoms with E-state index in [1.54, 1.807) is 0 Å². The Hall–Kier alpha value is -2.20. The quantitative estimate of drug-likeness (QED) is 0.189. The maximum Gasteiger partial charge on any atom is 0.261 e. The summed E-state index contributed by atoms with van der Waals surface area (Å²) in [5, 5.41) is 14.6. The van der Waals surface area contributed by atoms with E-state index in [0.29, 0.717) is 23.4 Å². The first-order valence-electron chi connectivity index (χ1n) is 19.5. The third-order valence-corrected chi connectivity index (χ3v) is 18.8. The van der Waals surface area contributed by atoms with E-state index in [0.717, 1.165) is 25.2 Å². The van der Waals surface area contributed by atoms with Gasteiger partial charge in [0.15, 0.2) is 0 Å². The molecule has 49 heavy (non-hydrogen) atoms. The lowest BCUT2D eigenvalue weighted by molar-refractivity contribution is -0.157. The van der Waals surface area contributed by atoms with Crippen molar-refractivity contribution < 1.29 is 9.53 Å². The van der Waals surface area contributed by atoms with Crippen LogP contribution in [0.5, 0.6) is 0 Å². The molecule has 2 nitrogen and oxygen atoms in total. The Kier molecular flexibility index (Phi) is 11.5. The lowest BCUT2D eigenvalue weighted by Crippen LogP contribution is -2.66. The second-order valence-corrected chi connectivity index (χ2v) is 22.9. The normalized spacial score (nSPS) is 29.9. The Morgan fingerprint density at radius 3 is 2.06 bits per heavy atom. The molecule has 0 saturated heterocycles. The molecule has 5 rings (SSSR count). The molecule has 2 aromatic rings. The number of benzene rings is 2. The largest absolute Gasteiger partial charge is 0.404 e. The zero-order valence-corrected chi connectivity index (χ0v) is 33.7. The molecule has 0 bridgehead atoms. The van der Waals surface area contributed by atoms with Crippen LogP contribution in [-0.4, -0.2) is 26.1 Å². The Morgan fingerprint density at radius 2 is 1.47 bits per heavy atom. The van der Waals surface area contributed by atoms with Gasteiger partial charge in [0.1, 0.15) is 0 Å². The highest BCUT2D eigenvalue weighted by Gasteiger charge is 2.61. The van der Waals surface area contributed by atoms with Crippen LogP contribution in [0, 0.1) is 34.0 Å². The maximum absolute atomic E-state index is 12.0. The number of hydrogen-bond acceptors (Lipinski definition) is 2. The third-order valence-electron chi connectivity index (χ3n) is 13.8. The van der Waals surface area contributed by atoms with Crippen LogP contribution in [0.2, 0.25) is 5.04 Å². The zero-order chi connectivity index (χ0) is 35.7. The lowest BCUT2D eigenvalue weighted by atomic mass is 9.39. The number of hydrogen-bond donors (Lipinski definition) is 1. The van der Waals surface area contributed by atoms with Crippen molar-refractivity contribution in [3.8, 4) is 0 Å². The molecule has 2 aromatic carbocycles. The fourth-order valence-electron chi connectivity index (χ4n) is 11.5. The molecule has 3 heteroatoms. The van der Waals surface area contributed by atoms with Gasteiger partial charge >= 0.3 is 0 Å². The van der Waals surface area contributed by atoms with E-state index >= 15 is 0 Å². The van der Waals surface area contributed by atoms with Gasteiger partial charge in [-0.05, 0) is 116 Å². The molecule has 2 fully saturated rings. The molecule has 1 unspecified atom stereocenters. The predicted molar refractivity (Wildman–Crippen MR) is 213 cm³/mol. The van der Waals surface area contributed by atoms with E-state index in [9.17, 15) is 5.11 Å². The van der Waals surface area contributed by atoms with Gasteiger partial charge in [-0.2, -0.15) is 0 Å². The summed E-state index contributed by atoms with van der Waals surface area (Å²) in [6.07, 6.45) is 17.5. The highest BCUT2D eigenvalue weighted by Crippen LogP contribution is 2.68. The van der Waals surface area contributed by atoms with Crippen LogP contribution in [0.3, 0.4) is 0 Å². The van der Waals surface area contributed by atoms with Crippen LogP contribution >= 0.6 is 0 Å². The summed E-state index contributed by atoms with van der Waals surface area (Å²) in [5.41, 5.74) is 5.08. The molecule has 0 spiro atoms. The number of aliphatic hydroxyl groups excluding tert-OH is 1. The van der Waals surface area contributed by atoms with Gasteiger partial charge in [0.25, 0.3) is 8.32 Å². The average molecular weight is 681 g/mol. The molecule has 0 heterocycles. The van der Waals surface area contributed by atoms with E-state index in [-0.39, 0.29) is 22.5 Å². The van der Waals surface area contributed by atoms with Crippen molar-refractivity contribution in [3.05, 3.63) is 95.6 Å². The number of allylic oxidation sites excluding steroid dienone is 3. The smallest absolute Gasteiger partial charge is 0.261 e. The first-order valence-corrected chi connectivity index (χ1v) is 21.4. The van der Waals surface area contributed by atoms with Crippen molar-refractivity contribution in [1.29, 1.82) is 0 Å². The van der Waals surface area contributed by atoms with E-state index in [1.165, 1.54) is 65.6 Å². The molecule has 0 amide bonds. The van der Waals surface area contributed by atoms with Crippen LogP contribution in [0.4, 0.5) is 0 Å². The Morgan fingerprint density at radius 1 is 0.857 bits per heavy atom. The SMILES string of the molecule is CC1=CC[C@@H]2[C@](C)(CC[C@@H]3C(C)(C)CCC[C@@]23C)[C@H]1C(O)C/C(C)=C/CC/C(C)=C/CO[Si](c1ccccc1)(c1ccccc1)C(C)(C)C. The van der Waals surface area contributed by atoms with Crippen LogP contribution in [0.25, 0.3) is 0 Å². The fraction of sp³-hybridized carbons (Fsp3) is 0.609. The second kappa shape index (κ2) is 14.8. The molecular formula is C46H68O2Si. The minimum atomic E-state index is -2.54. The standard InChI is InChI=1S/C46H68O2Si/c1-34(28-32-48-49(43(4,5)6,37-21-13-11-14-22-37)38-23-15-12-16-24-38)19-17-20-35(2)33-39(47)42-36(3)25-26-41-45(9)30-18-29-44(7,8)40(45)27-31-46(41,42)10/h11-16,20-25,28,39-42,47H,17-19,26-27,29-33H2,1-10H3/b34-28+,35-20+/t39?,40-,41+,42-,45-,46+/m1/s1. The molecule has 2 saturated carbocycles. The van der Waals surface area contributed by atoms with Crippen LogP contribution < -0.4 is 10.4 Å². The van der Waals surface area contributed by atoms with E-state index in [1.807, 2.05) is 0 Å². The van der Waals surface area contributed by atoms with Crippen LogP contribution in [-0.2, 0) is 4.43 Å². The first kappa shape index (κ1) is 38.0. The van der Waals surface area contributed by atoms with Crippen molar-refractivity contribution >= 4 is 18.7 Å². The topological polar surface area (TPSA) is 29.5 Å². The van der Waals surface area contributed by atoms with E-state index < -0.39 is 8.32 Å². The minimum Gasteiger partial charge on any atom is -0.404 e.